The summed E-state index contributed by atoms with van der Waals surface area (Å²) in [6, 6.07) is 5.35. The standard InChI is InChI=1S/C21H28F3N5S.HI/c1-15-28-19(14-30-15)13-29-8-6-16(7-9-29)11-26-20(25-2)27-12-17-4-3-5-18(10-17)21(22,23)24;/h3-5,10,14,16H,6-9,11-13H2,1-2H3,(H2,25,26,27);1H. The Hall–Kier alpha value is -1.40. The van der Waals surface area contributed by atoms with Crippen LogP contribution in [0.5, 0.6) is 0 Å². The summed E-state index contributed by atoms with van der Waals surface area (Å²) in [5, 5.41) is 9.64. The SMILES string of the molecule is CN=C(NCc1cccc(C(F)(F)F)c1)NCC1CCN(Cc2csc(C)n2)CC1.I. The second-order valence-electron chi connectivity index (χ2n) is 7.58. The number of guanidine groups is 1. The highest BCUT2D eigenvalue weighted by Crippen LogP contribution is 2.29. The molecule has 172 valence electrons. The minimum atomic E-state index is -4.33. The summed E-state index contributed by atoms with van der Waals surface area (Å²) in [5.74, 6) is 1.15. The van der Waals surface area contributed by atoms with Crippen LogP contribution in [0.1, 0.15) is 34.7 Å². The normalized spacial score (nSPS) is 16.1. The molecule has 3 rings (SSSR count). The first-order valence-electron chi connectivity index (χ1n) is 10.1. The maximum atomic E-state index is 12.8. The fourth-order valence-corrected chi connectivity index (χ4v) is 4.17. The van der Waals surface area contributed by atoms with Gasteiger partial charge in [0.2, 0.25) is 0 Å². The van der Waals surface area contributed by atoms with Gasteiger partial charge in [-0.1, -0.05) is 12.1 Å². The first kappa shape index (κ1) is 25.9. The molecule has 0 amide bonds. The smallest absolute Gasteiger partial charge is 0.356 e. The molecule has 0 saturated carbocycles. The number of thiazole rings is 1. The lowest BCUT2D eigenvalue weighted by atomic mass is 9.97. The van der Waals surface area contributed by atoms with Gasteiger partial charge in [-0.25, -0.2) is 4.98 Å². The summed E-state index contributed by atoms with van der Waals surface area (Å²) in [7, 11) is 1.67. The zero-order valence-electron chi connectivity index (χ0n) is 17.7. The summed E-state index contributed by atoms with van der Waals surface area (Å²) in [6.07, 6.45) is -2.13. The van der Waals surface area contributed by atoms with Crippen LogP contribution in [0.3, 0.4) is 0 Å². The van der Waals surface area contributed by atoms with Crippen molar-refractivity contribution in [2.24, 2.45) is 10.9 Å². The predicted octanol–water partition coefficient (Wildman–Crippen LogP) is 4.67. The molecule has 0 unspecified atom stereocenters. The van der Waals surface area contributed by atoms with E-state index < -0.39 is 11.7 Å². The molecule has 1 fully saturated rings. The van der Waals surface area contributed by atoms with Crippen molar-refractivity contribution >= 4 is 41.3 Å². The van der Waals surface area contributed by atoms with Gasteiger partial charge in [-0.15, -0.1) is 35.3 Å². The quantitative estimate of drug-likeness (QED) is 0.303. The fourth-order valence-electron chi connectivity index (χ4n) is 3.56. The van der Waals surface area contributed by atoms with E-state index in [1.807, 2.05) is 6.92 Å². The average molecular weight is 567 g/mol. The Morgan fingerprint density at radius 1 is 1.26 bits per heavy atom. The number of nitrogens with one attached hydrogen (secondary N) is 2. The molecule has 31 heavy (non-hydrogen) atoms. The van der Waals surface area contributed by atoms with Crippen LogP contribution in [0, 0.1) is 12.8 Å². The molecular formula is C21H29F3IN5S. The molecule has 1 aromatic carbocycles. The van der Waals surface area contributed by atoms with Crippen LogP contribution in [-0.2, 0) is 19.3 Å². The van der Waals surface area contributed by atoms with Crippen molar-refractivity contribution < 1.29 is 13.2 Å². The summed E-state index contributed by atoms with van der Waals surface area (Å²) in [5.41, 5.74) is 1.08. The largest absolute Gasteiger partial charge is 0.416 e. The minimum Gasteiger partial charge on any atom is -0.356 e. The van der Waals surface area contributed by atoms with E-state index in [0.29, 0.717) is 17.4 Å². The van der Waals surface area contributed by atoms with Crippen molar-refractivity contribution in [2.75, 3.05) is 26.7 Å². The van der Waals surface area contributed by atoms with Crippen molar-refractivity contribution in [1.82, 2.24) is 20.5 Å². The lowest BCUT2D eigenvalue weighted by Crippen LogP contribution is -2.42. The highest BCUT2D eigenvalue weighted by atomic mass is 127. The van der Waals surface area contributed by atoms with Gasteiger partial charge in [0.25, 0.3) is 0 Å². The molecule has 2 aromatic rings. The molecular weight excluding hydrogens is 538 g/mol. The molecule has 2 N–H and O–H groups in total. The van der Waals surface area contributed by atoms with Crippen LogP contribution in [0.25, 0.3) is 0 Å². The minimum absolute atomic E-state index is 0. The molecule has 10 heteroatoms. The first-order chi connectivity index (χ1) is 14.3. The zero-order valence-corrected chi connectivity index (χ0v) is 20.9. The lowest BCUT2D eigenvalue weighted by molar-refractivity contribution is -0.137. The van der Waals surface area contributed by atoms with Gasteiger partial charge in [0, 0.05) is 32.1 Å². The number of aryl methyl sites for hydroxylation is 1. The van der Waals surface area contributed by atoms with Crippen molar-refractivity contribution in [2.45, 2.75) is 39.0 Å². The molecule has 0 bridgehead atoms. The first-order valence-corrected chi connectivity index (χ1v) is 11.0. The molecule has 1 aromatic heterocycles. The molecule has 1 saturated heterocycles. The summed E-state index contributed by atoms with van der Waals surface area (Å²) in [4.78, 5) is 11.2. The van der Waals surface area contributed by atoms with Crippen LogP contribution < -0.4 is 10.6 Å². The van der Waals surface area contributed by atoms with E-state index in [2.05, 4.69) is 30.9 Å². The highest BCUT2D eigenvalue weighted by Gasteiger charge is 2.30. The zero-order chi connectivity index (χ0) is 21.6. The van der Waals surface area contributed by atoms with Crippen LogP contribution in [0.4, 0.5) is 13.2 Å². The number of aliphatic imine (C=N–C) groups is 1. The molecule has 2 heterocycles. The monoisotopic (exact) mass is 567 g/mol. The van der Waals surface area contributed by atoms with Gasteiger partial charge in [-0.3, -0.25) is 9.89 Å². The summed E-state index contributed by atoms with van der Waals surface area (Å²) in [6.45, 7) is 6.10. The van der Waals surface area contributed by atoms with Gasteiger partial charge in [0.05, 0.1) is 16.3 Å². The highest BCUT2D eigenvalue weighted by molar-refractivity contribution is 14.0. The Morgan fingerprint density at radius 2 is 2.00 bits per heavy atom. The third-order valence-corrected chi connectivity index (χ3v) is 6.08. The Kier molecular flexibility index (Phi) is 10.0. The van der Waals surface area contributed by atoms with E-state index in [4.69, 9.17) is 0 Å². The van der Waals surface area contributed by atoms with E-state index in [1.165, 1.54) is 12.1 Å². The van der Waals surface area contributed by atoms with Crippen LogP contribution in [0.2, 0.25) is 0 Å². The van der Waals surface area contributed by atoms with E-state index in [9.17, 15) is 13.2 Å². The van der Waals surface area contributed by atoms with Gasteiger partial charge >= 0.3 is 6.18 Å². The Bertz CT molecular complexity index is 848. The van der Waals surface area contributed by atoms with Crippen LogP contribution >= 0.6 is 35.3 Å². The van der Waals surface area contributed by atoms with Gasteiger partial charge in [0.15, 0.2) is 5.96 Å². The molecule has 0 spiro atoms. The fraction of sp³-hybridized carbons (Fsp3) is 0.524. The van der Waals surface area contributed by atoms with E-state index in [1.54, 1.807) is 24.5 Å². The third kappa shape index (κ3) is 8.23. The molecule has 1 aliphatic heterocycles. The number of aromatic nitrogens is 1. The number of piperidine rings is 1. The third-order valence-electron chi connectivity index (χ3n) is 5.26. The van der Waals surface area contributed by atoms with Crippen LogP contribution in [0.15, 0.2) is 34.6 Å². The number of nitrogens with zero attached hydrogens (tertiary/aromatic N) is 3. The topological polar surface area (TPSA) is 52.6 Å². The Balaban J connectivity index is 0.00000341. The van der Waals surface area contributed by atoms with E-state index in [-0.39, 0.29) is 30.5 Å². The maximum absolute atomic E-state index is 12.8. The number of hydrogen-bond acceptors (Lipinski definition) is 4. The maximum Gasteiger partial charge on any atom is 0.416 e. The molecule has 0 radical (unpaired) electrons. The molecule has 0 atom stereocenters. The van der Waals surface area contributed by atoms with Crippen molar-refractivity contribution in [3.8, 4) is 0 Å². The van der Waals surface area contributed by atoms with Gasteiger partial charge in [0.1, 0.15) is 0 Å². The molecule has 5 nitrogen and oxygen atoms in total. The lowest BCUT2D eigenvalue weighted by Gasteiger charge is -2.31. The Morgan fingerprint density at radius 3 is 2.61 bits per heavy atom. The summed E-state index contributed by atoms with van der Waals surface area (Å²) >= 11 is 1.69. The summed E-state index contributed by atoms with van der Waals surface area (Å²) < 4.78 is 38.5. The number of alkyl halides is 3. The van der Waals surface area contributed by atoms with E-state index in [0.717, 1.165) is 55.8 Å². The number of likely N-dealkylation sites (tertiary alicyclic amines) is 1. The van der Waals surface area contributed by atoms with Crippen molar-refractivity contribution in [3.63, 3.8) is 0 Å². The van der Waals surface area contributed by atoms with E-state index >= 15 is 0 Å². The number of rotatable bonds is 6. The Labute approximate surface area is 202 Å². The van der Waals surface area contributed by atoms with Gasteiger partial charge in [-0.05, 0) is 56.5 Å². The second-order valence-corrected chi connectivity index (χ2v) is 8.64. The number of benzene rings is 1. The van der Waals surface area contributed by atoms with Gasteiger partial charge in [-0.2, -0.15) is 13.2 Å². The number of halogens is 4. The van der Waals surface area contributed by atoms with Gasteiger partial charge < -0.3 is 10.6 Å². The number of hydrogen-bond donors (Lipinski definition) is 2. The molecule has 1 aliphatic rings. The van der Waals surface area contributed by atoms with Crippen molar-refractivity contribution in [3.05, 3.63) is 51.5 Å². The second kappa shape index (κ2) is 12.0. The van der Waals surface area contributed by atoms with Crippen molar-refractivity contribution in [1.29, 1.82) is 0 Å². The van der Waals surface area contributed by atoms with Crippen LogP contribution in [-0.4, -0.2) is 42.5 Å². The molecule has 0 aliphatic carbocycles. The predicted molar refractivity (Wildman–Crippen MR) is 130 cm³/mol. The average Bonchev–Trinajstić information content (AvgIpc) is 3.13.